The first-order valence-electron chi connectivity index (χ1n) is 11.2. The van der Waals surface area contributed by atoms with Crippen molar-refractivity contribution in [3.8, 4) is 16.9 Å². The molecule has 0 radical (unpaired) electrons. The van der Waals surface area contributed by atoms with Crippen LogP contribution in [-0.4, -0.2) is 41.0 Å². The Balaban J connectivity index is 1.81. The number of nitro groups is 1. The number of morpholine rings is 1. The lowest BCUT2D eigenvalue weighted by atomic mass is 9.99. The van der Waals surface area contributed by atoms with Crippen LogP contribution in [0.2, 0.25) is 0 Å². The Hall–Kier alpha value is -4.04. The number of ether oxygens (including phenoxy) is 1. The maximum absolute atomic E-state index is 13.6. The highest BCUT2D eigenvalue weighted by Gasteiger charge is 2.23. The van der Waals surface area contributed by atoms with Gasteiger partial charge in [0, 0.05) is 35.8 Å². The molecule has 172 valence electrons. The van der Waals surface area contributed by atoms with Gasteiger partial charge >= 0.3 is 0 Å². The molecule has 8 nitrogen and oxygen atoms in total. The predicted molar refractivity (Wildman–Crippen MR) is 132 cm³/mol. The van der Waals surface area contributed by atoms with Gasteiger partial charge in [0.2, 0.25) is 0 Å². The first-order chi connectivity index (χ1) is 16.4. The highest BCUT2D eigenvalue weighted by Crippen LogP contribution is 2.32. The minimum Gasteiger partial charge on any atom is -0.378 e. The Morgan fingerprint density at radius 1 is 0.971 bits per heavy atom. The van der Waals surface area contributed by atoms with E-state index >= 15 is 0 Å². The molecule has 2 heterocycles. The highest BCUT2D eigenvalue weighted by molar-refractivity contribution is 5.94. The van der Waals surface area contributed by atoms with E-state index in [-0.39, 0.29) is 11.4 Å². The standard InChI is InChI=1S/C26H24N4O4/c1-17-7-8-18(2)22(15-17)25-20-5-3-4-6-21(20)26(31)29(27-25)24-16-19(9-10-23(24)30(32)33)28-11-13-34-14-12-28/h3-10,15-16H,11-14H2,1-2H3. The summed E-state index contributed by atoms with van der Waals surface area (Å²) in [6.45, 7) is 6.49. The van der Waals surface area contributed by atoms with Crippen LogP contribution >= 0.6 is 0 Å². The lowest BCUT2D eigenvalue weighted by Crippen LogP contribution is -2.36. The molecule has 5 rings (SSSR count). The fourth-order valence-corrected chi connectivity index (χ4v) is 4.40. The smallest absolute Gasteiger partial charge is 0.295 e. The van der Waals surface area contributed by atoms with Crippen LogP contribution in [0, 0.1) is 24.0 Å². The summed E-state index contributed by atoms with van der Waals surface area (Å²) in [5, 5.41) is 17.8. The Bertz CT molecular complexity index is 1470. The SMILES string of the molecule is Cc1ccc(C)c(-c2nn(-c3cc(N4CCOCC4)ccc3[N+](=O)[O-])c(=O)c3ccccc23)c1. The van der Waals surface area contributed by atoms with Crippen molar-refractivity contribution in [2.75, 3.05) is 31.2 Å². The van der Waals surface area contributed by atoms with Gasteiger partial charge in [-0.05, 0) is 43.7 Å². The number of nitrogens with zero attached hydrogens (tertiary/aromatic N) is 4. The van der Waals surface area contributed by atoms with Crippen LogP contribution in [0.15, 0.2) is 65.5 Å². The summed E-state index contributed by atoms with van der Waals surface area (Å²) in [6.07, 6.45) is 0. The molecule has 0 saturated carbocycles. The summed E-state index contributed by atoms with van der Waals surface area (Å²) in [6, 6.07) is 18.2. The number of anilines is 1. The van der Waals surface area contributed by atoms with Gasteiger partial charge in [0.15, 0.2) is 0 Å². The first-order valence-corrected chi connectivity index (χ1v) is 11.2. The summed E-state index contributed by atoms with van der Waals surface area (Å²) in [5.74, 6) is 0. The van der Waals surface area contributed by atoms with Gasteiger partial charge in [0.1, 0.15) is 5.69 Å². The molecule has 0 spiro atoms. The molecule has 1 fully saturated rings. The fraction of sp³-hybridized carbons (Fsp3) is 0.231. The highest BCUT2D eigenvalue weighted by atomic mass is 16.6. The molecule has 0 bridgehead atoms. The largest absolute Gasteiger partial charge is 0.378 e. The number of benzene rings is 3. The minimum atomic E-state index is -0.473. The number of hydrogen-bond acceptors (Lipinski definition) is 6. The molecule has 3 aromatic carbocycles. The van der Waals surface area contributed by atoms with Crippen LogP contribution in [0.5, 0.6) is 0 Å². The summed E-state index contributed by atoms with van der Waals surface area (Å²) in [4.78, 5) is 27.1. The summed E-state index contributed by atoms with van der Waals surface area (Å²) < 4.78 is 6.62. The number of hydrogen-bond donors (Lipinski definition) is 0. The Labute approximate surface area is 196 Å². The molecular weight excluding hydrogens is 432 g/mol. The van der Waals surface area contributed by atoms with Gasteiger partial charge in [-0.3, -0.25) is 14.9 Å². The third kappa shape index (κ3) is 3.82. The van der Waals surface area contributed by atoms with Crippen molar-refractivity contribution in [2.24, 2.45) is 0 Å². The van der Waals surface area contributed by atoms with Crippen molar-refractivity contribution in [1.82, 2.24) is 9.78 Å². The molecule has 1 aliphatic heterocycles. The molecular formula is C26H24N4O4. The number of rotatable bonds is 4. The van der Waals surface area contributed by atoms with E-state index in [4.69, 9.17) is 9.84 Å². The molecule has 0 atom stereocenters. The molecule has 0 unspecified atom stereocenters. The number of nitro benzene ring substituents is 1. The number of aryl methyl sites for hydroxylation is 2. The second-order valence-electron chi connectivity index (χ2n) is 8.46. The maximum Gasteiger partial charge on any atom is 0.295 e. The van der Waals surface area contributed by atoms with Crippen LogP contribution in [0.25, 0.3) is 27.7 Å². The van der Waals surface area contributed by atoms with Crippen LogP contribution in [0.4, 0.5) is 11.4 Å². The molecule has 0 amide bonds. The van der Waals surface area contributed by atoms with Gasteiger partial charge in [-0.2, -0.15) is 9.78 Å². The molecule has 0 N–H and O–H groups in total. The average Bonchev–Trinajstić information content (AvgIpc) is 2.86. The quantitative estimate of drug-likeness (QED) is 0.334. The predicted octanol–water partition coefficient (Wildman–Crippen LogP) is 4.41. The summed E-state index contributed by atoms with van der Waals surface area (Å²) in [5.41, 5.74) is 3.94. The second kappa shape index (κ2) is 8.72. The normalized spacial score (nSPS) is 13.9. The van der Waals surface area contributed by atoms with E-state index in [0.29, 0.717) is 42.8 Å². The van der Waals surface area contributed by atoms with Crippen molar-refractivity contribution in [3.05, 3.63) is 92.3 Å². The number of aromatic nitrogens is 2. The Kier molecular flexibility index (Phi) is 5.59. The molecule has 8 heteroatoms. The Morgan fingerprint density at radius 2 is 1.71 bits per heavy atom. The third-order valence-corrected chi connectivity index (χ3v) is 6.21. The van der Waals surface area contributed by atoms with E-state index in [0.717, 1.165) is 22.4 Å². The monoisotopic (exact) mass is 456 g/mol. The second-order valence-corrected chi connectivity index (χ2v) is 8.46. The topological polar surface area (TPSA) is 90.5 Å². The van der Waals surface area contributed by atoms with Gasteiger partial charge < -0.3 is 9.64 Å². The molecule has 34 heavy (non-hydrogen) atoms. The van der Waals surface area contributed by atoms with Gasteiger partial charge in [-0.1, -0.05) is 35.9 Å². The first kappa shape index (κ1) is 21.8. The summed E-state index contributed by atoms with van der Waals surface area (Å²) in [7, 11) is 0. The number of fused-ring (bicyclic) bond motifs is 1. The minimum absolute atomic E-state index is 0.149. The maximum atomic E-state index is 13.6. The van der Waals surface area contributed by atoms with Crippen molar-refractivity contribution >= 4 is 22.1 Å². The van der Waals surface area contributed by atoms with Gasteiger partial charge in [-0.15, -0.1) is 0 Å². The molecule has 0 aliphatic carbocycles. The lowest BCUT2D eigenvalue weighted by molar-refractivity contribution is -0.384. The lowest BCUT2D eigenvalue weighted by Gasteiger charge is -2.29. The Morgan fingerprint density at radius 3 is 2.44 bits per heavy atom. The molecule has 1 saturated heterocycles. The van der Waals surface area contributed by atoms with Crippen molar-refractivity contribution < 1.29 is 9.66 Å². The molecule has 4 aromatic rings. The molecule has 1 aromatic heterocycles. The van der Waals surface area contributed by atoms with E-state index in [9.17, 15) is 14.9 Å². The van der Waals surface area contributed by atoms with E-state index in [1.165, 1.54) is 10.7 Å². The average molecular weight is 457 g/mol. The van der Waals surface area contributed by atoms with E-state index < -0.39 is 10.5 Å². The van der Waals surface area contributed by atoms with E-state index in [1.54, 1.807) is 24.3 Å². The van der Waals surface area contributed by atoms with Gasteiger partial charge in [0.05, 0.1) is 29.2 Å². The third-order valence-electron chi connectivity index (χ3n) is 6.21. The van der Waals surface area contributed by atoms with E-state index in [2.05, 4.69) is 4.90 Å². The van der Waals surface area contributed by atoms with Crippen molar-refractivity contribution in [2.45, 2.75) is 13.8 Å². The summed E-state index contributed by atoms with van der Waals surface area (Å²) >= 11 is 0. The zero-order chi connectivity index (χ0) is 23.8. The van der Waals surface area contributed by atoms with Crippen molar-refractivity contribution in [3.63, 3.8) is 0 Å². The fourth-order valence-electron chi connectivity index (χ4n) is 4.40. The van der Waals surface area contributed by atoms with Gasteiger partial charge in [0.25, 0.3) is 11.2 Å². The van der Waals surface area contributed by atoms with Crippen LogP contribution in [0.1, 0.15) is 11.1 Å². The van der Waals surface area contributed by atoms with Crippen molar-refractivity contribution in [1.29, 1.82) is 0 Å². The van der Waals surface area contributed by atoms with Crippen LogP contribution in [0.3, 0.4) is 0 Å². The zero-order valence-corrected chi connectivity index (χ0v) is 19.0. The molecule has 1 aliphatic rings. The van der Waals surface area contributed by atoms with Crippen LogP contribution in [-0.2, 0) is 4.74 Å². The van der Waals surface area contributed by atoms with Crippen LogP contribution < -0.4 is 10.5 Å². The van der Waals surface area contributed by atoms with Gasteiger partial charge in [-0.25, -0.2) is 0 Å². The zero-order valence-electron chi connectivity index (χ0n) is 19.0. The van der Waals surface area contributed by atoms with E-state index in [1.807, 2.05) is 44.2 Å².